The Bertz CT molecular complexity index is 266. The first-order valence-electron chi connectivity index (χ1n) is 5.87. The molecule has 0 unspecified atom stereocenters. The van der Waals surface area contributed by atoms with Crippen molar-refractivity contribution in [3.8, 4) is 0 Å². The smallest absolute Gasteiger partial charge is 0.0949 e. The standard InChI is InChI=1S/C12H23N3/c1-11(2)5-4-8-15-9-12(14-10-15)6-7-13-3/h9-11,13H,4-8H2,1-3H3. The third-order valence-electron chi connectivity index (χ3n) is 2.52. The second-order valence-electron chi connectivity index (χ2n) is 4.49. The van der Waals surface area contributed by atoms with Gasteiger partial charge < -0.3 is 9.88 Å². The highest BCUT2D eigenvalue weighted by atomic mass is 15.0. The molecule has 0 atom stereocenters. The summed E-state index contributed by atoms with van der Waals surface area (Å²) in [4.78, 5) is 4.37. The van der Waals surface area contributed by atoms with Crippen molar-refractivity contribution < 1.29 is 0 Å². The van der Waals surface area contributed by atoms with Gasteiger partial charge in [0.2, 0.25) is 0 Å². The van der Waals surface area contributed by atoms with Crippen LogP contribution in [0.4, 0.5) is 0 Å². The second-order valence-corrected chi connectivity index (χ2v) is 4.49. The Kier molecular flexibility index (Phi) is 5.40. The van der Waals surface area contributed by atoms with Crippen molar-refractivity contribution in [2.45, 2.75) is 39.7 Å². The fraction of sp³-hybridized carbons (Fsp3) is 0.750. The van der Waals surface area contributed by atoms with Crippen molar-refractivity contribution >= 4 is 0 Å². The van der Waals surface area contributed by atoms with Crippen LogP contribution >= 0.6 is 0 Å². The van der Waals surface area contributed by atoms with E-state index in [0.717, 1.165) is 25.4 Å². The number of hydrogen-bond donors (Lipinski definition) is 1. The Labute approximate surface area is 92.9 Å². The first kappa shape index (κ1) is 12.2. The van der Waals surface area contributed by atoms with E-state index in [2.05, 4.69) is 34.9 Å². The van der Waals surface area contributed by atoms with Gasteiger partial charge in [0.15, 0.2) is 0 Å². The van der Waals surface area contributed by atoms with E-state index in [-0.39, 0.29) is 0 Å². The molecule has 1 N–H and O–H groups in total. The number of rotatable bonds is 7. The maximum Gasteiger partial charge on any atom is 0.0949 e. The Morgan fingerprint density at radius 3 is 2.93 bits per heavy atom. The van der Waals surface area contributed by atoms with Crippen molar-refractivity contribution in [2.24, 2.45) is 5.92 Å². The third-order valence-corrected chi connectivity index (χ3v) is 2.52. The summed E-state index contributed by atoms with van der Waals surface area (Å²) >= 11 is 0. The van der Waals surface area contributed by atoms with Crippen LogP contribution in [0.3, 0.4) is 0 Å². The van der Waals surface area contributed by atoms with E-state index >= 15 is 0 Å². The minimum absolute atomic E-state index is 0.803. The van der Waals surface area contributed by atoms with E-state index in [1.807, 2.05) is 13.4 Å². The third kappa shape index (κ3) is 4.98. The van der Waals surface area contributed by atoms with Crippen molar-refractivity contribution in [3.63, 3.8) is 0 Å². The van der Waals surface area contributed by atoms with Crippen LogP contribution in [-0.4, -0.2) is 23.1 Å². The van der Waals surface area contributed by atoms with Gasteiger partial charge in [0.25, 0.3) is 0 Å². The molecular weight excluding hydrogens is 186 g/mol. The van der Waals surface area contributed by atoms with Crippen LogP contribution in [0.2, 0.25) is 0 Å². The van der Waals surface area contributed by atoms with Crippen molar-refractivity contribution in [2.75, 3.05) is 13.6 Å². The van der Waals surface area contributed by atoms with E-state index < -0.39 is 0 Å². The normalized spacial score (nSPS) is 11.2. The molecule has 15 heavy (non-hydrogen) atoms. The molecule has 0 aliphatic rings. The summed E-state index contributed by atoms with van der Waals surface area (Å²) in [5.74, 6) is 0.803. The van der Waals surface area contributed by atoms with Crippen LogP contribution in [0.15, 0.2) is 12.5 Å². The fourth-order valence-corrected chi connectivity index (χ4v) is 1.59. The van der Waals surface area contributed by atoms with Gasteiger partial charge in [-0.25, -0.2) is 4.98 Å². The van der Waals surface area contributed by atoms with E-state index in [9.17, 15) is 0 Å². The van der Waals surface area contributed by atoms with Gasteiger partial charge in [0.05, 0.1) is 12.0 Å². The maximum atomic E-state index is 4.37. The topological polar surface area (TPSA) is 29.9 Å². The van der Waals surface area contributed by atoms with Gasteiger partial charge in [0.1, 0.15) is 0 Å². The summed E-state index contributed by atoms with van der Waals surface area (Å²) in [7, 11) is 1.97. The lowest BCUT2D eigenvalue weighted by Gasteiger charge is -2.04. The van der Waals surface area contributed by atoms with Crippen LogP contribution in [0, 0.1) is 5.92 Å². The molecule has 0 aromatic carbocycles. The van der Waals surface area contributed by atoms with Crippen molar-refractivity contribution in [1.29, 1.82) is 0 Å². The number of nitrogens with zero attached hydrogens (tertiary/aromatic N) is 2. The molecule has 1 rings (SSSR count). The van der Waals surface area contributed by atoms with Gasteiger partial charge in [-0.15, -0.1) is 0 Å². The summed E-state index contributed by atoms with van der Waals surface area (Å²) in [5.41, 5.74) is 1.19. The first-order chi connectivity index (χ1) is 7.22. The number of likely N-dealkylation sites (N-methyl/N-ethyl adjacent to an activating group) is 1. The van der Waals surface area contributed by atoms with E-state index in [1.165, 1.54) is 18.5 Å². The second kappa shape index (κ2) is 6.62. The molecule has 86 valence electrons. The highest BCUT2D eigenvalue weighted by molar-refractivity contribution is 4.97. The zero-order chi connectivity index (χ0) is 11.1. The molecule has 0 bridgehead atoms. The molecule has 3 nitrogen and oxygen atoms in total. The van der Waals surface area contributed by atoms with Crippen LogP contribution in [0.5, 0.6) is 0 Å². The molecule has 0 fully saturated rings. The number of aromatic nitrogens is 2. The van der Waals surface area contributed by atoms with Gasteiger partial charge >= 0.3 is 0 Å². The van der Waals surface area contributed by atoms with E-state index in [1.54, 1.807) is 0 Å². The van der Waals surface area contributed by atoms with Gasteiger partial charge in [-0.05, 0) is 25.8 Å². The molecule has 0 saturated carbocycles. The lowest BCUT2D eigenvalue weighted by Crippen LogP contribution is -2.10. The average molecular weight is 209 g/mol. The Hall–Kier alpha value is -0.830. The van der Waals surface area contributed by atoms with Crippen LogP contribution in [-0.2, 0) is 13.0 Å². The first-order valence-corrected chi connectivity index (χ1v) is 5.87. The van der Waals surface area contributed by atoms with Crippen LogP contribution < -0.4 is 5.32 Å². The predicted molar refractivity (Wildman–Crippen MR) is 63.9 cm³/mol. The number of hydrogen-bond acceptors (Lipinski definition) is 2. The molecule has 1 heterocycles. The molecule has 1 aromatic heterocycles. The van der Waals surface area contributed by atoms with Gasteiger partial charge in [-0.1, -0.05) is 13.8 Å². The molecule has 1 aromatic rings. The van der Waals surface area contributed by atoms with E-state index in [0.29, 0.717) is 0 Å². The maximum absolute atomic E-state index is 4.37. The molecule has 0 amide bonds. The minimum atomic E-state index is 0.803. The minimum Gasteiger partial charge on any atom is -0.337 e. The molecule has 0 aliphatic carbocycles. The van der Waals surface area contributed by atoms with Crippen LogP contribution in [0.25, 0.3) is 0 Å². The lowest BCUT2D eigenvalue weighted by molar-refractivity contribution is 0.512. The molecular formula is C12H23N3. The van der Waals surface area contributed by atoms with Crippen molar-refractivity contribution in [3.05, 3.63) is 18.2 Å². The Morgan fingerprint density at radius 1 is 1.47 bits per heavy atom. The summed E-state index contributed by atoms with van der Waals surface area (Å²) in [6.07, 6.45) is 7.68. The van der Waals surface area contributed by atoms with Gasteiger partial charge in [-0.3, -0.25) is 0 Å². The highest BCUT2D eigenvalue weighted by Crippen LogP contribution is 2.06. The fourth-order valence-electron chi connectivity index (χ4n) is 1.59. The Morgan fingerprint density at radius 2 is 2.27 bits per heavy atom. The summed E-state index contributed by atoms with van der Waals surface area (Å²) < 4.78 is 2.20. The molecule has 0 saturated heterocycles. The highest BCUT2D eigenvalue weighted by Gasteiger charge is 1.99. The molecule has 0 aliphatic heterocycles. The lowest BCUT2D eigenvalue weighted by atomic mass is 10.1. The summed E-state index contributed by atoms with van der Waals surface area (Å²) in [5, 5.41) is 3.13. The average Bonchev–Trinajstić information content (AvgIpc) is 2.62. The zero-order valence-electron chi connectivity index (χ0n) is 10.2. The zero-order valence-corrected chi connectivity index (χ0v) is 10.2. The summed E-state index contributed by atoms with van der Waals surface area (Å²) in [6, 6.07) is 0. The number of imidazole rings is 1. The number of aryl methyl sites for hydroxylation is 1. The molecule has 0 radical (unpaired) electrons. The van der Waals surface area contributed by atoms with E-state index in [4.69, 9.17) is 0 Å². The quantitative estimate of drug-likeness (QED) is 0.745. The molecule has 0 spiro atoms. The monoisotopic (exact) mass is 209 g/mol. The molecule has 3 heteroatoms. The van der Waals surface area contributed by atoms with Gasteiger partial charge in [0, 0.05) is 25.7 Å². The summed E-state index contributed by atoms with van der Waals surface area (Å²) in [6.45, 7) is 6.65. The van der Waals surface area contributed by atoms with Gasteiger partial charge in [-0.2, -0.15) is 0 Å². The Balaban J connectivity index is 2.26. The van der Waals surface area contributed by atoms with Crippen LogP contribution in [0.1, 0.15) is 32.4 Å². The largest absolute Gasteiger partial charge is 0.337 e. The predicted octanol–water partition coefficient (Wildman–Crippen LogP) is 2.08. The SMILES string of the molecule is CNCCc1cn(CCCC(C)C)cn1. The number of nitrogens with one attached hydrogen (secondary N) is 1. The van der Waals surface area contributed by atoms with Crippen molar-refractivity contribution in [1.82, 2.24) is 14.9 Å².